The third kappa shape index (κ3) is 2.57. The number of rotatable bonds is 4. The molecule has 2 aromatic heterocycles. The van der Waals surface area contributed by atoms with E-state index in [0.29, 0.717) is 23.2 Å². The summed E-state index contributed by atoms with van der Waals surface area (Å²) in [6.07, 6.45) is 3.76. The van der Waals surface area contributed by atoms with E-state index < -0.39 is 11.7 Å². The highest BCUT2D eigenvalue weighted by Crippen LogP contribution is 2.10. The molecule has 6 heteroatoms. The number of allylic oxidation sites excluding steroid dienone is 1. The third-order valence-corrected chi connectivity index (χ3v) is 2.77. The number of methoxy groups -OCH3 is 1. The Balaban J connectivity index is 2.36. The van der Waals surface area contributed by atoms with Gasteiger partial charge in [0.05, 0.1) is 7.11 Å². The number of hydrogen-bond acceptors (Lipinski definition) is 5. The lowest BCUT2D eigenvalue weighted by Crippen LogP contribution is -2.15. The van der Waals surface area contributed by atoms with Gasteiger partial charge in [0, 0.05) is 18.3 Å². The summed E-state index contributed by atoms with van der Waals surface area (Å²) in [5.74, 6) is -0.887. The van der Waals surface area contributed by atoms with Crippen LogP contribution in [0.3, 0.4) is 0 Å². The number of hydrogen-bond donors (Lipinski definition) is 0. The molecule has 0 aliphatic rings. The summed E-state index contributed by atoms with van der Waals surface area (Å²) in [5.41, 5.74) is 1.40. The monoisotopic (exact) mass is 262 g/mol. The molecule has 0 spiro atoms. The summed E-state index contributed by atoms with van der Waals surface area (Å²) in [5, 5.41) is 0. The van der Waals surface area contributed by atoms with Crippen molar-refractivity contribution >= 4 is 17.2 Å². The second-order valence-electron chi connectivity index (χ2n) is 3.88. The molecule has 100 valence electrons. The van der Waals surface area contributed by atoms with Crippen molar-refractivity contribution in [1.29, 1.82) is 0 Å². The van der Waals surface area contributed by atoms with E-state index in [1.807, 2.05) is 6.92 Å². The van der Waals surface area contributed by atoms with Gasteiger partial charge in [-0.2, -0.15) is 0 Å². The van der Waals surface area contributed by atoms with Crippen molar-refractivity contribution in [3.05, 3.63) is 40.5 Å². The molecule has 0 N–H and O–H groups in total. The van der Waals surface area contributed by atoms with Crippen LogP contribution >= 0.6 is 0 Å². The number of pyridine rings is 1. The summed E-state index contributed by atoms with van der Waals surface area (Å²) < 4.78 is 11.1. The molecule has 2 heterocycles. The van der Waals surface area contributed by atoms with E-state index in [4.69, 9.17) is 4.42 Å². The second-order valence-corrected chi connectivity index (χ2v) is 3.88. The average molecular weight is 262 g/mol. The first kappa shape index (κ1) is 13.1. The zero-order chi connectivity index (χ0) is 13.8. The molecule has 2 rings (SSSR count). The fourth-order valence-electron chi connectivity index (χ4n) is 1.77. The predicted molar refractivity (Wildman–Crippen MR) is 68.7 cm³/mol. The quantitative estimate of drug-likeness (QED) is 0.616. The summed E-state index contributed by atoms with van der Waals surface area (Å²) >= 11 is 0. The number of esters is 1. The number of fused-ring (bicyclic) bond motifs is 1. The van der Waals surface area contributed by atoms with Crippen molar-refractivity contribution in [2.75, 3.05) is 7.11 Å². The topological polar surface area (TPSA) is 74.3 Å². The molecule has 0 saturated heterocycles. The summed E-state index contributed by atoms with van der Waals surface area (Å²) in [6.45, 7) is 2.07. The third-order valence-electron chi connectivity index (χ3n) is 2.77. The van der Waals surface area contributed by atoms with Crippen molar-refractivity contribution < 1.29 is 13.9 Å². The average Bonchev–Trinajstić information content (AvgIpc) is 2.75. The van der Waals surface area contributed by atoms with Gasteiger partial charge in [-0.15, -0.1) is 0 Å². The van der Waals surface area contributed by atoms with E-state index in [2.05, 4.69) is 9.72 Å². The molecule has 19 heavy (non-hydrogen) atoms. The van der Waals surface area contributed by atoms with Crippen molar-refractivity contribution in [3.8, 4) is 0 Å². The molecular weight excluding hydrogens is 248 g/mol. The first-order chi connectivity index (χ1) is 9.17. The van der Waals surface area contributed by atoms with Crippen LogP contribution in [-0.2, 0) is 16.1 Å². The number of aromatic nitrogens is 2. The van der Waals surface area contributed by atoms with Gasteiger partial charge in [0.2, 0.25) is 0 Å². The Bertz CT molecular complexity index is 681. The fraction of sp³-hybridized carbons (Fsp3) is 0.308. The second kappa shape index (κ2) is 5.51. The SMILES string of the molecule is CCC(=CCn1c(=O)oc2cccnc21)C(=O)OC. The van der Waals surface area contributed by atoms with Gasteiger partial charge in [0.25, 0.3) is 0 Å². The Hall–Kier alpha value is -2.37. The minimum absolute atomic E-state index is 0.223. The summed E-state index contributed by atoms with van der Waals surface area (Å²) in [6, 6.07) is 3.36. The molecule has 0 saturated carbocycles. The highest BCUT2D eigenvalue weighted by atomic mass is 16.5. The molecule has 0 bridgehead atoms. The molecule has 6 nitrogen and oxygen atoms in total. The van der Waals surface area contributed by atoms with E-state index in [1.54, 1.807) is 24.4 Å². The molecule has 0 fully saturated rings. The Kier molecular flexibility index (Phi) is 3.79. The maximum atomic E-state index is 11.7. The lowest BCUT2D eigenvalue weighted by Gasteiger charge is -2.02. The van der Waals surface area contributed by atoms with Crippen molar-refractivity contribution in [2.45, 2.75) is 19.9 Å². The Morgan fingerprint density at radius 1 is 1.58 bits per heavy atom. The van der Waals surface area contributed by atoms with Gasteiger partial charge in [-0.1, -0.05) is 13.0 Å². The minimum atomic E-state index is -0.495. The van der Waals surface area contributed by atoms with Crippen LogP contribution in [-0.4, -0.2) is 22.6 Å². The van der Waals surface area contributed by atoms with Crippen LogP contribution in [0.15, 0.2) is 39.2 Å². The van der Waals surface area contributed by atoms with E-state index in [-0.39, 0.29) is 6.54 Å². The summed E-state index contributed by atoms with van der Waals surface area (Å²) in [7, 11) is 1.33. The van der Waals surface area contributed by atoms with Crippen molar-refractivity contribution in [2.24, 2.45) is 0 Å². The summed E-state index contributed by atoms with van der Waals surface area (Å²) in [4.78, 5) is 27.2. The molecule has 0 atom stereocenters. The molecule has 0 radical (unpaired) electrons. The number of oxazole rings is 1. The van der Waals surface area contributed by atoms with Crippen LogP contribution in [0.4, 0.5) is 0 Å². The van der Waals surface area contributed by atoms with E-state index >= 15 is 0 Å². The van der Waals surface area contributed by atoms with E-state index in [0.717, 1.165) is 0 Å². The Morgan fingerprint density at radius 3 is 3.05 bits per heavy atom. The predicted octanol–water partition coefficient (Wildman–Crippen LogP) is 1.50. The molecule has 0 aliphatic heterocycles. The van der Waals surface area contributed by atoms with E-state index in [9.17, 15) is 9.59 Å². The Morgan fingerprint density at radius 2 is 2.37 bits per heavy atom. The highest BCUT2D eigenvalue weighted by Gasteiger charge is 2.11. The van der Waals surface area contributed by atoms with Crippen LogP contribution in [0.2, 0.25) is 0 Å². The largest absolute Gasteiger partial charge is 0.466 e. The highest BCUT2D eigenvalue weighted by molar-refractivity contribution is 5.88. The molecule has 2 aromatic rings. The first-order valence-corrected chi connectivity index (χ1v) is 5.89. The lowest BCUT2D eigenvalue weighted by molar-refractivity contribution is -0.136. The maximum absolute atomic E-state index is 11.7. The van der Waals surface area contributed by atoms with Crippen molar-refractivity contribution in [1.82, 2.24) is 9.55 Å². The van der Waals surface area contributed by atoms with Crippen LogP contribution in [0, 0.1) is 0 Å². The first-order valence-electron chi connectivity index (χ1n) is 5.89. The van der Waals surface area contributed by atoms with Crippen LogP contribution < -0.4 is 5.76 Å². The van der Waals surface area contributed by atoms with Gasteiger partial charge < -0.3 is 9.15 Å². The zero-order valence-electron chi connectivity index (χ0n) is 10.8. The van der Waals surface area contributed by atoms with Gasteiger partial charge >= 0.3 is 11.7 Å². The molecule has 0 aromatic carbocycles. The number of nitrogens with zero attached hydrogens (tertiary/aromatic N) is 2. The standard InChI is InChI=1S/C13H14N2O4/c1-3-9(12(16)18-2)6-8-15-11-10(19-13(15)17)5-4-7-14-11/h4-7H,3,8H2,1-2H3. The van der Waals surface area contributed by atoms with Gasteiger partial charge in [0.15, 0.2) is 11.2 Å². The molecule has 0 amide bonds. The van der Waals surface area contributed by atoms with Gasteiger partial charge in [-0.25, -0.2) is 14.6 Å². The van der Waals surface area contributed by atoms with Gasteiger partial charge in [-0.05, 0) is 18.6 Å². The van der Waals surface area contributed by atoms with Crippen LogP contribution in [0.5, 0.6) is 0 Å². The molecular formula is C13H14N2O4. The fourth-order valence-corrected chi connectivity index (χ4v) is 1.77. The smallest absolute Gasteiger partial charge is 0.421 e. The minimum Gasteiger partial charge on any atom is -0.466 e. The van der Waals surface area contributed by atoms with Gasteiger partial charge in [-0.3, -0.25) is 4.57 Å². The van der Waals surface area contributed by atoms with Crippen molar-refractivity contribution in [3.63, 3.8) is 0 Å². The number of ether oxygens (including phenoxy) is 1. The molecule has 0 aliphatic carbocycles. The zero-order valence-corrected chi connectivity index (χ0v) is 10.8. The Labute approximate surface area is 109 Å². The number of carbonyl (C=O) groups is 1. The molecule has 0 unspecified atom stereocenters. The lowest BCUT2D eigenvalue weighted by atomic mass is 10.2. The van der Waals surface area contributed by atoms with Crippen LogP contribution in [0.1, 0.15) is 13.3 Å². The van der Waals surface area contributed by atoms with Crippen LogP contribution in [0.25, 0.3) is 11.2 Å². The van der Waals surface area contributed by atoms with Gasteiger partial charge in [0.1, 0.15) is 0 Å². The maximum Gasteiger partial charge on any atom is 0.421 e. The van der Waals surface area contributed by atoms with E-state index in [1.165, 1.54) is 11.7 Å². The number of carbonyl (C=O) groups excluding carboxylic acids is 1. The normalized spacial score (nSPS) is 11.8.